The number of nitrogens with zero attached hydrogens (tertiary/aromatic N) is 3. The van der Waals surface area contributed by atoms with Gasteiger partial charge in [-0.05, 0) is 49.6 Å². The van der Waals surface area contributed by atoms with Crippen LogP contribution >= 0.6 is 0 Å². The molecule has 0 spiro atoms. The lowest BCUT2D eigenvalue weighted by atomic mass is 9.90. The van der Waals surface area contributed by atoms with E-state index in [1.807, 2.05) is 18.2 Å². The molecule has 4 rings (SSSR count). The zero-order valence-corrected chi connectivity index (χ0v) is 18.4. The van der Waals surface area contributed by atoms with Gasteiger partial charge in [-0.1, -0.05) is 18.2 Å². The van der Waals surface area contributed by atoms with Gasteiger partial charge in [0, 0.05) is 30.3 Å². The van der Waals surface area contributed by atoms with E-state index in [4.69, 9.17) is 5.73 Å². The van der Waals surface area contributed by atoms with Crippen LogP contribution in [0.4, 0.5) is 0 Å². The molecule has 0 radical (unpaired) electrons. The van der Waals surface area contributed by atoms with E-state index in [1.54, 1.807) is 17.2 Å². The first kappa shape index (κ1) is 22.2. The van der Waals surface area contributed by atoms with Crippen LogP contribution in [0.3, 0.4) is 0 Å². The van der Waals surface area contributed by atoms with Gasteiger partial charge in [-0.15, -0.1) is 6.58 Å². The third-order valence-electron chi connectivity index (χ3n) is 6.21. The molecule has 2 amide bonds. The smallest absolute Gasteiger partial charge is 0.248 e. The number of pyridine rings is 1. The molecule has 2 N–H and O–H groups in total. The summed E-state index contributed by atoms with van der Waals surface area (Å²) in [6.45, 7) is 4.60. The number of hydrogen-bond donors (Lipinski definition) is 1. The van der Waals surface area contributed by atoms with Crippen LogP contribution in [0.5, 0.6) is 0 Å². The van der Waals surface area contributed by atoms with Crippen molar-refractivity contribution >= 4 is 21.8 Å². The molecule has 2 aliphatic rings. The number of primary amides is 1. The van der Waals surface area contributed by atoms with Gasteiger partial charge in [0.05, 0.1) is 17.1 Å². The summed E-state index contributed by atoms with van der Waals surface area (Å²) in [7, 11) is -4.06. The number of amides is 2. The molecule has 168 valence electrons. The fourth-order valence-corrected chi connectivity index (χ4v) is 6.58. The molecule has 2 saturated heterocycles. The van der Waals surface area contributed by atoms with E-state index in [1.165, 1.54) is 28.6 Å². The number of sulfonamides is 1. The second-order valence-electron chi connectivity index (χ2n) is 8.18. The average molecular weight is 455 g/mol. The van der Waals surface area contributed by atoms with Gasteiger partial charge in [-0.25, -0.2) is 8.42 Å². The standard InChI is InChI=1S/C23H26N4O4S/c1-2-16-14-26(15-18-8-3-4-12-25-18)23(29)21-11-6-10-20(16)27(21)32(30,31)19-9-5-7-17(13-19)22(24)28/h2-5,7-9,12-13,16,20-21H,1,6,10-11,14-15H2,(H2,24,28)/t16-,20-,21+/m1/s1. The lowest BCUT2D eigenvalue weighted by Gasteiger charge is -2.40. The van der Waals surface area contributed by atoms with Crippen molar-refractivity contribution in [2.75, 3.05) is 6.54 Å². The van der Waals surface area contributed by atoms with Crippen LogP contribution in [0.2, 0.25) is 0 Å². The lowest BCUT2D eigenvalue weighted by Crippen LogP contribution is -2.54. The topological polar surface area (TPSA) is 114 Å². The van der Waals surface area contributed by atoms with Gasteiger partial charge < -0.3 is 10.6 Å². The monoisotopic (exact) mass is 454 g/mol. The SMILES string of the molecule is C=C[C@@H]1CN(Cc2ccccn2)C(=O)[C@@H]2CCC[C@H]1N2S(=O)(=O)c1cccc(C(N)=O)c1. The molecule has 3 heterocycles. The minimum absolute atomic E-state index is 0.0421. The van der Waals surface area contributed by atoms with Crippen LogP contribution in [-0.2, 0) is 21.4 Å². The van der Waals surface area contributed by atoms with Crippen molar-refractivity contribution in [3.8, 4) is 0 Å². The van der Waals surface area contributed by atoms with Crippen LogP contribution in [0, 0.1) is 5.92 Å². The Balaban J connectivity index is 1.75. The third kappa shape index (κ3) is 4.05. The summed E-state index contributed by atoms with van der Waals surface area (Å²) < 4.78 is 28.9. The Morgan fingerprint density at radius 1 is 1.22 bits per heavy atom. The fourth-order valence-electron chi connectivity index (χ4n) is 4.66. The van der Waals surface area contributed by atoms with Gasteiger partial charge in [-0.2, -0.15) is 4.31 Å². The van der Waals surface area contributed by atoms with Crippen molar-refractivity contribution in [2.45, 2.75) is 42.8 Å². The molecule has 2 fully saturated rings. The largest absolute Gasteiger partial charge is 0.366 e. The maximum absolute atomic E-state index is 13.8. The van der Waals surface area contributed by atoms with Crippen molar-refractivity contribution in [1.29, 1.82) is 0 Å². The van der Waals surface area contributed by atoms with Gasteiger partial charge in [0.2, 0.25) is 21.8 Å². The Kier molecular flexibility index (Phi) is 6.12. The Labute approximate surface area is 187 Å². The number of piperidine rings is 1. The van der Waals surface area contributed by atoms with Crippen LogP contribution in [0.25, 0.3) is 0 Å². The van der Waals surface area contributed by atoms with Gasteiger partial charge in [-0.3, -0.25) is 14.6 Å². The van der Waals surface area contributed by atoms with Crippen molar-refractivity contribution in [1.82, 2.24) is 14.2 Å². The Hall–Kier alpha value is -3.04. The molecule has 0 saturated carbocycles. The minimum atomic E-state index is -4.06. The summed E-state index contributed by atoms with van der Waals surface area (Å²) in [4.78, 5) is 31.1. The highest BCUT2D eigenvalue weighted by atomic mass is 32.2. The summed E-state index contributed by atoms with van der Waals surface area (Å²) >= 11 is 0. The van der Waals surface area contributed by atoms with Crippen molar-refractivity contribution in [3.05, 3.63) is 72.6 Å². The third-order valence-corrected chi connectivity index (χ3v) is 8.14. The summed E-state index contributed by atoms with van der Waals surface area (Å²) in [6, 6.07) is 9.96. The molecule has 3 atom stereocenters. The molecular weight excluding hydrogens is 428 g/mol. The van der Waals surface area contributed by atoms with Gasteiger partial charge in [0.15, 0.2) is 0 Å². The number of rotatable bonds is 6. The summed E-state index contributed by atoms with van der Waals surface area (Å²) in [6.07, 6.45) is 5.22. The quantitative estimate of drug-likeness (QED) is 0.670. The summed E-state index contributed by atoms with van der Waals surface area (Å²) in [5.41, 5.74) is 6.20. The number of nitrogens with two attached hydrogens (primary N) is 1. The molecule has 1 aromatic heterocycles. The number of carbonyl (C=O) groups excluding carboxylic acids is 2. The van der Waals surface area contributed by atoms with Crippen LogP contribution in [0.1, 0.15) is 35.3 Å². The number of fused-ring (bicyclic) bond motifs is 2. The molecular formula is C23H26N4O4S. The van der Waals surface area contributed by atoms with E-state index in [0.717, 1.165) is 12.1 Å². The Morgan fingerprint density at radius 2 is 2.03 bits per heavy atom. The first-order valence-corrected chi connectivity index (χ1v) is 12.0. The van der Waals surface area contributed by atoms with Crippen molar-refractivity contribution in [3.63, 3.8) is 0 Å². The van der Waals surface area contributed by atoms with Crippen LogP contribution in [-0.4, -0.2) is 53.0 Å². The van der Waals surface area contributed by atoms with Crippen molar-refractivity contribution in [2.24, 2.45) is 11.7 Å². The fraction of sp³-hybridized carbons (Fsp3) is 0.348. The van der Waals surface area contributed by atoms with Gasteiger partial charge in [0.1, 0.15) is 6.04 Å². The minimum Gasteiger partial charge on any atom is -0.366 e. The van der Waals surface area contributed by atoms with E-state index in [2.05, 4.69) is 11.6 Å². The highest BCUT2D eigenvalue weighted by molar-refractivity contribution is 7.89. The maximum Gasteiger partial charge on any atom is 0.248 e. The van der Waals surface area contributed by atoms with Crippen LogP contribution < -0.4 is 5.73 Å². The van der Waals surface area contributed by atoms with Gasteiger partial charge in [0.25, 0.3) is 0 Å². The first-order chi connectivity index (χ1) is 15.3. The highest BCUT2D eigenvalue weighted by Gasteiger charge is 2.49. The zero-order valence-electron chi connectivity index (χ0n) is 17.6. The van der Waals surface area contributed by atoms with E-state index >= 15 is 0 Å². The number of aromatic nitrogens is 1. The van der Waals surface area contributed by atoms with E-state index in [9.17, 15) is 18.0 Å². The highest BCUT2D eigenvalue weighted by Crippen LogP contribution is 2.37. The summed E-state index contributed by atoms with van der Waals surface area (Å²) in [5, 5.41) is 0. The molecule has 32 heavy (non-hydrogen) atoms. The molecule has 0 unspecified atom stereocenters. The second kappa shape index (κ2) is 8.84. The maximum atomic E-state index is 13.8. The second-order valence-corrected chi connectivity index (χ2v) is 10.0. The molecule has 9 heteroatoms. The molecule has 2 bridgehead atoms. The van der Waals surface area contributed by atoms with E-state index in [0.29, 0.717) is 25.9 Å². The summed E-state index contributed by atoms with van der Waals surface area (Å²) in [5.74, 6) is -1.18. The predicted octanol–water partition coefficient (Wildman–Crippen LogP) is 1.94. The molecule has 2 aliphatic heterocycles. The van der Waals surface area contributed by atoms with E-state index in [-0.39, 0.29) is 22.3 Å². The number of carbonyl (C=O) groups is 2. The molecule has 8 nitrogen and oxygen atoms in total. The van der Waals surface area contributed by atoms with Crippen molar-refractivity contribution < 1.29 is 18.0 Å². The lowest BCUT2D eigenvalue weighted by molar-refractivity contribution is -0.135. The average Bonchev–Trinajstić information content (AvgIpc) is 2.87. The Morgan fingerprint density at radius 3 is 2.72 bits per heavy atom. The predicted molar refractivity (Wildman–Crippen MR) is 119 cm³/mol. The number of hydrogen-bond acceptors (Lipinski definition) is 5. The zero-order chi connectivity index (χ0) is 22.9. The first-order valence-electron chi connectivity index (χ1n) is 10.6. The molecule has 2 aromatic rings. The molecule has 0 aliphatic carbocycles. The van der Waals surface area contributed by atoms with E-state index < -0.39 is 28.0 Å². The van der Waals surface area contributed by atoms with Crippen LogP contribution in [0.15, 0.2) is 66.2 Å². The van der Waals surface area contributed by atoms with Gasteiger partial charge >= 0.3 is 0 Å². The molecule has 1 aromatic carbocycles. The Bertz CT molecular complexity index is 1140. The number of benzene rings is 1. The normalized spacial score (nSPS) is 24.1.